The van der Waals surface area contributed by atoms with Crippen molar-refractivity contribution in [1.29, 1.82) is 0 Å². The molecule has 150 valence electrons. The molecule has 6 heteroatoms. The zero-order valence-corrected chi connectivity index (χ0v) is 17.1. The lowest BCUT2D eigenvalue weighted by molar-refractivity contribution is -0.127. The van der Waals surface area contributed by atoms with E-state index >= 15 is 0 Å². The maximum absolute atomic E-state index is 12.8. The Balaban J connectivity index is 1.53. The third-order valence-corrected chi connectivity index (χ3v) is 7.85. The molecule has 2 aliphatic rings. The van der Waals surface area contributed by atoms with Gasteiger partial charge in [-0.3, -0.25) is 4.79 Å². The van der Waals surface area contributed by atoms with Crippen LogP contribution in [0.1, 0.15) is 63.4 Å². The van der Waals surface area contributed by atoms with Crippen LogP contribution in [0.4, 0.5) is 0 Å². The Bertz CT molecular complexity index is 714. The minimum absolute atomic E-state index is 0.0695. The highest BCUT2D eigenvalue weighted by Gasteiger charge is 2.32. The molecule has 1 aromatic rings. The average Bonchev–Trinajstić information content (AvgIpc) is 2.64. The lowest BCUT2D eigenvalue weighted by atomic mass is 9.94. The Labute approximate surface area is 163 Å². The molecule has 27 heavy (non-hydrogen) atoms. The summed E-state index contributed by atoms with van der Waals surface area (Å²) in [6.07, 6.45) is 9.58. The highest BCUT2D eigenvalue weighted by Crippen LogP contribution is 2.25. The highest BCUT2D eigenvalue weighted by molar-refractivity contribution is 7.89. The van der Waals surface area contributed by atoms with E-state index in [-0.39, 0.29) is 11.8 Å². The van der Waals surface area contributed by atoms with Crippen molar-refractivity contribution in [2.75, 3.05) is 13.1 Å². The Hall–Kier alpha value is -1.40. The van der Waals surface area contributed by atoms with Crippen molar-refractivity contribution in [3.63, 3.8) is 0 Å². The smallest absolute Gasteiger partial charge is 0.243 e. The molecular formula is C21H32N2O3S. The van der Waals surface area contributed by atoms with E-state index in [4.69, 9.17) is 0 Å². The first-order valence-electron chi connectivity index (χ1n) is 10.3. The second-order valence-electron chi connectivity index (χ2n) is 8.04. The SMILES string of the molecule is Cc1ccc(S(=O)(=O)N2CCC(C(=O)NC3CCCCCCC3)CC2)cc1. The van der Waals surface area contributed by atoms with Crippen LogP contribution in [0.15, 0.2) is 29.2 Å². The average molecular weight is 393 g/mol. The van der Waals surface area contributed by atoms with Crippen molar-refractivity contribution < 1.29 is 13.2 Å². The van der Waals surface area contributed by atoms with Gasteiger partial charge in [-0.15, -0.1) is 0 Å². The molecule has 2 fully saturated rings. The van der Waals surface area contributed by atoms with E-state index in [2.05, 4.69) is 5.32 Å². The number of carbonyl (C=O) groups is 1. The van der Waals surface area contributed by atoms with Gasteiger partial charge in [0.25, 0.3) is 0 Å². The van der Waals surface area contributed by atoms with Crippen LogP contribution in [0.5, 0.6) is 0 Å². The topological polar surface area (TPSA) is 66.5 Å². The van der Waals surface area contributed by atoms with Gasteiger partial charge in [-0.05, 0) is 44.7 Å². The highest BCUT2D eigenvalue weighted by atomic mass is 32.2. The summed E-state index contributed by atoms with van der Waals surface area (Å²) in [5, 5.41) is 3.24. The molecule has 3 rings (SSSR count). The molecule has 1 aliphatic carbocycles. The van der Waals surface area contributed by atoms with Crippen molar-refractivity contribution >= 4 is 15.9 Å². The molecule has 0 bridgehead atoms. The first-order chi connectivity index (χ1) is 13.0. The number of sulfonamides is 1. The molecule has 1 aliphatic heterocycles. The predicted molar refractivity (Wildman–Crippen MR) is 107 cm³/mol. The third kappa shape index (κ3) is 5.32. The van der Waals surface area contributed by atoms with Crippen molar-refractivity contribution in [3.8, 4) is 0 Å². The number of nitrogens with one attached hydrogen (secondary N) is 1. The van der Waals surface area contributed by atoms with Crippen molar-refractivity contribution in [3.05, 3.63) is 29.8 Å². The van der Waals surface area contributed by atoms with Crippen LogP contribution < -0.4 is 5.32 Å². The van der Waals surface area contributed by atoms with E-state index in [1.807, 2.05) is 19.1 Å². The molecule has 0 unspecified atom stereocenters. The fraction of sp³-hybridized carbons (Fsp3) is 0.667. The van der Waals surface area contributed by atoms with E-state index in [1.165, 1.54) is 36.4 Å². The van der Waals surface area contributed by atoms with Crippen LogP contribution in [0.25, 0.3) is 0 Å². The summed E-state index contributed by atoms with van der Waals surface area (Å²) < 4.78 is 27.1. The number of amides is 1. The van der Waals surface area contributed by atoms with Crippen LogP contribution >= 0.6 is 0 Å². The fourth-order valence-electron chi connectivity index (χ4n) is 4.14. The standard InChI is InChI=1S/C21H32N2O3S/c1-17-9-11-20(12-10-17)27(25,26)23-15-13-18(14-16-23)21(24)22-19-7-5-3-2-4-6-8-19/h9-12,18-19H,2-8,13-16H2,1H3,(H,22,24). The van der Waals surface area contributed by atoms with Gasteiger partial charge >= 0.3 is 0 Å². The lowest BCUT2D eigenvalue weighted by Gasteiger charge is -2.31. The van der Waals surface area contributed by atoms with Crippen LogP contribution in [-0.2, 0) is 14.8 Å². The molecular weight excluding hydrogens is 360 g/mol. The Morgan fingerprint density at radius 3 is 2.07 bits per heavy atom. The molecule has 5 nitrogen and oxygen atoms in total. The molecule has 1 saturated carbocycles. The summed E-state index contributed by atoms with van der Waals surface area (Å²) in [5.74, 6) is 0.0489. The minimum Gasteiger partial charge on any atom is -0.353 e. The zero-order chi connectivity index (χ0) is 19.3. The summed E-state index contributed by atoms with van der Waals surface area (Å²) in [6, 6.07) is 7.27. The molecule has 1 amide bonds. The maximum atomic E-state index is 12.8. The number of rotatable bonds is 4. The number of piperidine rings is 1. The van der Waals surface area contributed by atoms with Gasteiger partial charge < -0.3 is 5.32 Å². The van der Waals surface area contributed by atoms with Crippen LogP contribution in [-0.4, -0.2) is 37.8 Å². The molecule has 1 N–H and O–H groups in total. The van der Waals surface area contributed by atoms with Gasteiger partial charge in [0.05, 0.1) is 4.90 Å². The van der Waals surface area contributed by atoms with Gasteiger partial charge in [0, 0.05) is 25.0 Å². The second kappa shape index (κ2) is 9.20. The third-order valence-electron chi connectivity index (χ3n) is 5.94. The van der Waals surface area contributed by atoms with Crippen molar-refractivity contribution in [1.82, 2.24) is 9.62 Å². The van der Waals surface area contributed by atoms with Crippen LogP contribution in [0.2, 0.25) is 0 Å². The largest absolute Gasteiger partial charge is 0.353 e. The van der Waals surface area contributed by atoms with E-state index in [0.717, 1.165) is 18.4 Å². The van der Waals surface area contributed by atoms with Crippen molar-refractivity contribution in [2.24, 2.45) is 5.92 Å². The van der Waals surface area contributed by atoms with Gasteiger partial charge in [-0.25, -0.2) is 8.42 Å². The van der Waals surface area contributed by atoms with E-state index in [1.54, 1.807) is 12.1 Å². The van der Waals surface area contributed by atoms with E-state index < -0.39 is 10.0 Å². The molecule has 0 spiro atoms. The van der Waals surface area contributed by atoms with Crippen molar-refractivity contribution in [2.45, 2.75) is 75.6 Å². The number of carbonyl (C=O) groups excluding carboxylic acids is 1. The first-order valence-corrected chi connectivity index (χ1v) is 11.8. The second-order valence-corrected chi connectivity index (χ2v) is 9.98. The fourth-order valence-corrected chi connectivity index (χ4v) is 5.61. The summed E-state index contributed by atoms with van der Waals surface area (Å²) in [7, 11) is -3.46. The predicted octanol–water partition coefficient (Wildman–Crippen LogP) is 3.62. The normalized spacial score (nSPS) is 21.4. The van der Waals surface area contributed by atoms with Crippen LogP contribution in [0, 0.1) is 12.8 Å². The Morgan fingerprint density at radius 1 is 0.926 bits per heavy atom. The number of aryl methyl sites for hydroxylation is 1. The maximum Gasteiger partial charge on any atom is 0.243 e. The van der Waals surface area contributed by atoms with Gasteiger partial charge in [0.1, 0.15) is 0 Å². The zero-order valence-electron chi connectivity index (χ0n) is 16.3. The van der Waals surface area contributed by atoms with E-state index in [9.17, 15) is 13.2 Å². The van der Waals surface area contributed by atoms with Gasteiger partial charge in [-0.1, -0.05) is 49.8 Å². The summed E-state index contributed by atoms with van der Waals surface area (Å²) in [6.45, 7) is 2.77. The minimum atomic E-state index is -3.46. The number of benzene rings is 1. The summed E-state index contributed by atoms with van der Waals surface area (Å²) in [5.41, 5.74) is 1.04. The molecule has 0 radical (unpaired) electrons. The summed E-state index contributed by atoms with van der Waals surface area (Å²) in [4.78, 5) is 13.0. The first kappa shape index (κ1) is 20.3. The number of hydrogen-bond acceptors (Lipinski definition) is 3. The number of hydrogen-bond donors (Lipinski definition) is 1. The molecule has 1 heterocycles. The lowest BCUT2D eigenvalue weighted by Crippen LogP contribution is -2.45. The number of nitrogens with zero attached hydrogens (tertiary/aromatic N) is 1. The van der Waals surface area contributed by atoms with Gasteiger partial charge in [0.2, 0.25) is 15.9 Å². The quantitative estimate of drug-likeness (QED) is 0.851. The van der Waals surface area contributed by atoms with E-state index in [0.29, 0.717) is 36.9 Å². The molecule has 1 aromatic carbocycles. The van der Waals surface area contributed by atoms with Gasteiger partial charge in [-0.2, -0.15) is 4.31 Å². The monoisotopic (exact) mass is 392 g/mol. The summed E-state index contributed by atoms with van der Waals surface area (Å²) >= 11 is 0. The Kier molecular flexibility index (Phi) is 6.93. The Morgan fingerprint density at radius 2 is 1.48 bits per heavy atom. The van der Waals surface area contributed by atoms with Gasteiger partial charge in [0.15, 0.2) is 0 Å². The van der Waals surface area contributed by atoms with Crippen LogP contribution in [0.3, 0.4) is 0 Å². The molecule has 1 saturated heterocycles. The molecule has 0 aromatic heterocycles. The molecule has 0 atom stereocenters.